The maximum Gasteiger partial charge on any atom is 0.337 e. The van der Waals surface area contributed by atoms with E-state index in [0.717, 1.165) is 18.9 Å². The molecule has 0 aromatic carbocycles. The lowest BCUT2D eigenvalue weighted by Gasteiger charge is -2.24. The normalized spacial score (nSPS) is 23.1. The molecule has 1 heterocycles. The summed E-state index contributed by atoms with van der Waals surface area (Å²) in [6, 6.07) is 0. The van der Waals surface area contributed by atoms with E-state index in [4.69, 9.17) is 4.74 Å². The predicted molar refractivity (Wildman–Crippen MR) is 112 cm³/mol. The molecule has 1 aliphatic rings. The highest BCUT2D eigenvalue weighted by molar-refractivity contribution is 5.93. The van der Waals surface area contributed by atoms with Crippen molar-refractivity contribution in [1.82, 2.24) is 0 Å². The number of aliphatic hydroxyl groups excluding tert-OH is 2. The number of methoxy groups -OCH3 is 1. The van der Waals surface area contributed by atoms with Crippen LogP contribution in [0.15, 0.2) is 23.8 Å². The lowest BCUT2D eigenvalue weighted by atomic mass is 9.93. The van der Waals surface area contributed by atoms with E-state index in [1.165, 1.54) is 71.0 Å². The molecule has 0 aromatic heterocycles. The second-order valence-corrected chi connectivity index (χ2v) is 7.75. The highest BCUT2D eigenvalue weighted by Gasteiger charge is 2.50. The molecule has 1 rings (SSSR count). The van der Waals surface area contributed by atoms with Gasteiger partial charge in [0.25, 0.3) is 0 Å². The average Bonchev–Trinajstić information content (AvgIpc) is 2.97. The quantitative estimate of drug-likeness (QED) is 0.241. The van der Waals surface area contributed by atoms with Crippen LogP contribution in [-0.2, 0) is 19.1 Å². The number of hydrogen-bond donors (Lipinski definition) is 2. The summed E-state index contributed by atoms with van der Waals surface area (Å²) in [6.45, 7) is 1.61. The van der Waals surface area contributed by atoms with E-state index in [9.17, 15) is 19.8 Å². The van der Waals surface area contributed by atoms with Crippen LogP contribution in [-0.4, -0.2) is 47.6 Å². The van der Waals surface area contributed by atoms with Crippen LogP contribution in [0.1, 0.15) is 84.0 Å². The van der Waals surface area contributed by atoms with Gasteiger partial charge in [-0.2, -0.15) is 0 Å². The van der Waals surface area contributed by atoms with Crippen LogP contribution in [0.4, 0.5) is 0 Å². The van der Waals surface area contributed by atoms with Crippen LogP contribution < -0.4 is 0 Å². The number of allylic oxidation sites excluding steroid dienone is 1. The Morgan fingerprint density at radius 3 is 2.14 bits per heavy atom. The fraction of sp³-hybridized carbons (Fsp3) is 0.739. The van der Waals surface area contributed by atoms with Gasteiger partial charge in [0.15, 0.2) is 5.60 Å². The highest BCUT2D eigenvalue weighted by Crippen LogP contribution is 2.33. The third-order valence-electron chi connectivity index (χ3n) is 5.40. The topological polar surface area (TPSA) is 93.1 Å². The molecule has 0 spiro atoms. The van der Waals surface area contributed by atoms with Crippen LogP contribution in [0.25, 0.3) is 0 Å². The SMILES string of the molecule is CCCCCCCCCCCCC/C=C1\C(=O)O[C@@](/C=C/C(=O)OC)(CO)[C@H]1O. The number of carbonyl (C=O) groups is 2. The number of aliphatic hydroxyl groups is 2. The smallest absolute Gasteiger partial charge is 0.337 e. The summed E-state index contributed by atoms with van der Waals surface area (Å²) in [5.74, 6) is -1.32. The molecule has 6 nitrogen and oxygen atoms in total. The van der Waals surface area contributed by atoms with Gasteiger partial charge in [0.2, 0.25) is 0 Å². The zero-order chi connectivity index (χ0) is 21.5. The van der Waals surface area contributed by atoms with Crippen molar-refractivity contribution in [1.29, 1.82) is 0 Å². The fourth-order valence-corrected chi connectivity index (χ4v) is 3.50. The molecule has 29 heavy (non-hydrogen) atoms. The summed E-state index contributed by atoms with van der Waals surface area (Å²) in [4.78, 5) is 23.4. The van der Waals surface area contributed by atoms with Crippen LogP contribution in [0.2, 0.25) is 0 Å². The van der Waals surface area contributed by atoms with Gasteiger partial charge in [0, 0.05) is 6.08 Å². The first-order valence-corrected chi connectivity index (χ1v) is 11.0. The minimum atomic E-state index is -1.63. The molecule has 0 radical (unpaired) electrons. The van der Waals surface area contributed by atoms with Crippen LogP contribution in [0.5, 0.6) is 0 Å². The molecule has 0 aromatic rings. The Labute approximate surface area is 175 Å². The molecule has 1 saturated heterocycles. The van der Waals surface area contributed by atoms with E-state index in [2.05, 4.69) is 11.7 Å². The first kappa shape index (κ1) is 25.4. The molecule has 166 valence electrons. The molecule has 6 heteroatoms. The van der Waals surface area contributed by atoms with Crippen LogP contribution in [0.3, 0.4) is 0 Å². The maximum absolute atomic E-state index is 12.1. The van der Waals surface area contributed by atoms with Crippen molar-refractivity contribution in [3.05, 3.63) is 23.8 Å². The van der Waals surface area contributed by atoms with Gasteiger partial charge in [-0.25, -0.2) is 9.59 Å². The van der Waals surface area contributed by atoms with Gasteiger partial charge in [0.1, 0.15) is 6.10 Å². The van der Waals surface area contributed by atoms with E-state index in [-0.39, 0.29) is 5.57 Å². The molecule has 0 aliphatic carbocycles. The number of unbranched alkanes of at least 4 members (excludes halogenated alkanes) is 11. The molecule has 0 bridgehead atoms. The molecular weight excluding hydrogens is 372 g/mol. The van der Waals surface area contributed by atoms with Gasteiger partial charge in [-0.3, -0.25) is 0 Å². The Bertz CT molecular complexity index is 554. The van der Waals surface area contributed by atoms with Gasteiger partial charge in [-0.05, 0) is 18.9 Å². The van der Waals surface area contributed by atoms with Crippen molar-refractivity contribution in [2.45, 2.75) is 95.7 Å². The summed E-state index contributed by atoms with van der Waals surface area (Å²) in [7, 11) is 1.22. The second kappa shape index (κ2) is 14.3. The molecule has 0 saturated carbocycles. The van der Waals surface area contributed by atoms with Crippen molar-refractivity contribution >= 4 is 11.9 Å². The highest BCUT2D eigenvalue weighted by atomic mass is 16.6. The lowest BCUT2D eigenvalue weighted by Crippen LogP contribution is -2.41. The Hall–Kier alpha value is -1.66. The fourth-order valence-electron chi connectivity index (χ4n) is 3.50. The van der Waals surface area contributed by atoms with Gasteiger partial charge in [0.05, 0.1) is 19.3 Å². The van der Waals surface area contributed by atoms with Gasteiger partial charge in [-0.1, -0.05) is 77.2 Å². The average molecular weight is 411 g/mol. The van der Waals surface area contributed by atoms with Crippen molar-refractivity contribution in [2.75, 3.05) is 13.7 Å². The Balaban J connectivity index is 2.31. The number of carbonyl (C=O) groups excluding carboxylic acids is 2. The zero-order valence-corrected chi connectivity index (χ0v) is 18.0. The van der Waals surface area contributed by atoms with Gasteiger partial charge in [-0.15, -0.1) is 0 Å². The standard InChI is InChI=1S/C23H38O6/c1-3-4-5-6-7-8-9-10-11-12-13-14-15-19-21(26)23(18-24,29-22(19)27)17-16-20(25)28-2/h15-17,21,24,26H,3-14,18H2,1-2H3/b17-16+,19-15-/t21-,23-/m0/s1. The first-order valence-electron chi connectivity index (χ1n) is 11.0. The first-order chi connectivity index (χ1) is 14.0. The van der Waals surface area contributed by atoms with Crippen LogP contribution in [0, 0.1) is 0 Å². The molecule has 2 atom stereocenters. The second-order valence-electron chi connectivity index (χ2n) is 7.75. The maximum atomic E-state index is 12.1. The number of hydrogen-bond acceptors (Lipinski definition) is 6. The Morgan fingerprint density at radius 1 is 1.07 bits per heavy atom. The Kier molecular flexibility index (Phi) is 12.6. The third-order valence-corrected chi connectivity index (χ3v) is 5.40. The zero-order valence-electron chi connectivity index (χ0n) is 18.0. The summed E-state index contributed by atoms with van der Waals surface area (Å²) in [6.07, 6.45) is 17.0. The van der Waals surface area contributed by atoms with E-state index < -0.39 is 30.3 Å². The van der Waals surface area contributed by atoms with Crippen molar-refractivity contribution in [3.63, 3.8) is 0 Å². The molecule has 2 N–H and O–H groups in total. The minimum absolute atomic E-state index is 0.139. The summed E-state index contributed by atoms with van der Waals surface area (Å²) >= 11 is 0. The minimum Gasteiger partial charge on any atom is -0.466 e. The molecule has 0 unspecified atom stereocenters. The van der Waals surface area contributed by atoms with E-state index in [1.807, 2.05) is 0 Å². The summed E-state index contributed by atoms with van der Waals surface area (Å²) in [5.41, 5.74) is -1.49. The largest absolute Gasteiger partial charge is 0.466 e. The summed E-state index contributed by atoms with van der Waals surface area (Å²) < 4.78 is 9.67. The number of cyclic esters (lactones) is 1. The summed E-state index contributed by atoms with van der Waals surface area (Å²) in [5, 5.41) is 20.1. The van der Waals surface area contributed by atoms with Crippen molar-refractivity contribution in [2.24, 2.45) is 0 Å². The van der Waals surface area contributed by atoms with Crippen molar-refractivity contribution in [3.8, 4) is 0 Å². The van der Waals surface area contributed by atoms with Gasteiger partial charge >= 0.3 is 11.9 Å². The predicted octanol–water partition coefficient (Wildman–Crippen LogP) is 3.99. The number of rotatable bonds is 15. The molecular formula is C23H38O6. The lowest BCUT2D eigenvalue weighted by molar-refractivity contribution is -0.149. The monoisotopic (exact) mass is 410 g/mol. The number of ether oxygens (including phenoxy) is 2. The molecule has 0 amide bonds. The Morgan fingerprint density at radius 2 is 1.62 bits per heavy atom. The molecule has 1 aliphatic heterocycles. The van der Waals surface area contributed by atoms with E-state index in [0.29, 0.717) is 6.42 Å². The van der Waals surface area contributed by atoms with E-state index in [1.54, 1.807) is 6.08 Å². The number of esters is 2. The van der Waals surface area contributed by atoms with Gasteiger partial charge < -0.3 is 19.7 Å². The molecule has 1 fully saturated rings. The third kappa shape index (κ3) is 8.70. The van der Waals surface area contributed by atoms with Crippen molar-refractivity contribution < 1.29 is 29.3 Å². The van der Waals surface area contributed by atoms with E-state index >= 15 is 0 Å². The van der Waals surface area contributed by atoms with Crippen LogP contribution >= 0.6 is 0 Å².